The van der Waals surface area contributed by atoms with Gasteiger partial charge < -0.3 is 10.5 Å². The lowest BCUT2D eigenvalue weighted by Crippen LogP contribution is -2.34. The zero-order chi connectivity index (χ0) is 16.1. The van der Waals surface area contributed by atoms with Crippen LogP contribution in [0.25, 0.3) is 0 Å². The molecule has 0 aromatic heterocycles. The molecule has 0 atom stereocenters. The Kier molecular flexibility index (Phi) is 5.76. The van der Waals surface area contributed by atoms with E-state index in [1.54, 1.807) is 24.3 Å². The average Bonchev–Trinajstić information content (AvgIpc) is 2.46. The van der Waals surface area contributed by atoms with E-state index in [0.717, 1.165) is 5.56 Å². The van der Waals surface area contributed by atoms with Crippen LogP contribution in [0.3, 0.4) is 0 Å². The summed E-state index contributed by atoms with van der Waals surface area (Å²) >= 11 is 14.1. The summed E-state index contributed by atoms with van der Waals surface area (Å²) in [7, 11) is 0. The van der Waals surface area contributed by atoms with Crippen LogP contribution in [0.5, 0.6) is 5.75 Å². The maximum Gasteiger partial charge on any atom is 0.257 e. The largest absolute Gasteiger partial charge is 0.488 e. The fraction of sp³-hybridized carbons (Fsp3) is 0.0667. The molecule has 2 aromatic rings. The molecule has 2 rings (SSSR count). The number of carbonyl (C=O) groups excluding carboxylic acids is 1. The third kappa shape index (κ3) is 4.43. The first-order chi connectivity index (χ1) is 10.5. The molecular formula is C15H12BrClN2O2S. The van der Waals surface area contributed by atoms with Gasteiger partial charge in [-0.2, -0.15) is 0 Å². The number of halogens is 2. The molecule has 0 saturated carbocycles. The SMILES string of the molecule is NC(=S)NC(=O)c1ccc(OCc2ccccc2Cl)c(Br)c1. The van der Waals surface area contributed by atoms with Gasteiger partial charge in [-0.05, 0) is 52.4 Å². The number of rotatable bonds is 4. The smallest absolute Gasteiger partial charge is 0.257 e. The van der Waals surface area contributed by atoms with Crippen LogP contribution in [0, 0.1) is 0 Å². The Bertz CT molecular complexity index is 724. The van der Waals surface area contributed by atoms with Crippen LogP contribution in [-0.4, -0.2) is 11.0 Å². The van der Waals surface area contributed by atoms with E-state index in [1.807, 2.05) is 18.2 Å². The molecule has 0 radical (unpaired) electrons. The van der Waals surface area contributed by atoms with Crippen LogP contribution in [0.1, 0.15) is 15.9 Å². The molecule has 3 N–H and O–H groups in total. The molecule has 0 spiro atoms. The predicted octanol–water partition coefficient (Wildman–Crippen LogP) is 3.65. The number of nitrogens with one attached hydrogen (secondary N) is 1. The first kappa shape index (κ1) is 16.7. The fourth-order valence-corrected chi connectivity index (χ4v) is 2.49. The summed E-state index contributed by atoms with van der Waals surface area (Å²) in [4.78, 5) is 11.8. The van der Waals surface area contributed by atoms with E-state index in [-0.39, 0.29) is 11.0 Å². The van der Waals surface area contributed by atoms with Crippen LogP contribution < -0.4 is 15.8 Å². The van der Waals surface area contributed by atoms with Crippen molar-refractivity contribution in [3.63, 3.8) is 0 Å². The second-order valence-corrected chi connectivity index (χ2v) is 6.05. The zero-order valence-corrected chi connectivity index (χ0v) is 14.5. The number of carbonyl (C=O) groups is 1. The molecule has 0 unspecified atom stereocenters. The third-order valence-corrected chi connectivity index (χ3v) is 3.86. The van der Waals surface area contributed by atoms with Crippen LogP contribution in [0.2, 0.25) is 5.02 Å². The summed E-state index contributed by atoms with van der Waals surface area (Å²) in [5.41, 5.74) is 6.58. The van der Waals surface area contributed by atoms with E-state index in [0.29, 0.717) is 27.4 Å². The number of benzene rings is 2. The summed E-state index contributed by atoms with van der Waals surface area (Å²) < 4.78 is 6.35. The summed E-state index contributed by atoms with van der Waals surface area (Å²) in [6, 6.07) is 12.4. The lowest BCUT2D eigenvalue weighted by atomic mass is 10.2. The lowest BCUT2D eigenvalue weighted by Gasteiger charge is -2.10. The second kappa shape index (κ2) is 7.58. The van der Waals surface area contributed by atoms with Crippen LogP contribution >= 0.6 is 39.7 Å². The number of thiocarbonyl (C=S) groups is 1. The molecule has 1 amide bonds. The van der Waals surface area contributed by atoms with Gasteiger partial charge in [0.25, 0.3) is 5.91 Å². The van der Waals surface area contributed by atoms with Gasteiger partial charge in [-0.1, -0.05) is 29.8 Å². The molecule has 0 aliphatic heterocycles. The Morgan fingerprint density at radius 3 is 2.68 bits per heavy atom. The molecule has 0 saturated heterocycles. The highest BCUT2D eigenvalue weighted by Gasteiger charge is 2.10. The van der Waals surface area contributed by atoms with Crippen molar-refractivity contribution in [1.29, 1.82) is 0 Å². The van der Waals surface area contributed by atoms with E-state index in [1.165, 1.54) is 0 Å². The van der Waals surface area contributed by atoms with E-state index in [9.17, 15) is 4.79 Å². The third-order valence-electron chi connectivity index (χ3n) is 2.77. The quantitative estimate of drug-likeness (QED) is 0.770. The van der Waals surface area contributed by atoms with E-state index < -0.39 is 0 Å². The van der Waals surface area contributed by atoms with Gasteiger partial charge in [0, 0.05) is 16.1 Å². The van der Waals surface area contributed by atoms with Gasteiger partial charge in [0.05, 0.1) is 4.47 Å². The highest BCUT2D eigenvalue weighted by molar-refractivity contribution is 9.10. The maximum atomic E-state index is 11.8. The molecule has 0 aliphatic carbocycles. The number of hydrogen-bond donors (Lipinski definition) is 2. The van der Waals surface area contributed by atoms with Gasteiger partial charge in [0.2, 0.25) is 0 Å². The minimum absolute atomic E-state index is 0.0693. The Morgan fingerprint density at radius 2 is 2.05 bits per heavy atom. The van der Waals surface area contributed by atoms with Gasteiger partial charge in [-0.25, -0.2) is 0 Å². The molecule has 0 fully saturated rings. The van der Waals surface area contributed by atoms with Gasteiger partial charge >= 0.3 is 0 Å². The van der Waals surface area contributed by atoms with Crippen LogP contribution in [0.15, 0.2) is 46.9 Å². The summed E-state index contributed by atoms with van der Waals surface area (Å²) in [5.74, 6) is 0.234. The predicted molar refractivity (Wildman–Crippen MR) is 94.2 cm³/mol. The van der Waals surface area contributed by atoms with Gasteiger partial charge in [0.15, 0.2) is 5.11 Å². The average molecular weight is 400 g/mol. The maximum absolute atomic E-state index is 11.8. The molecular weight excluding hydrogens is 388 g/mol. The van der Waals surface area contributed by atoms with Gasteiger partial charge in [-0.3, -0.25) is 10.1 Å². The Morgan fingerprint density at radius 1 is 1.32 bits per heavy atom. The van der Waals surface area contributed by atoms with Crippen molar-refractivity contribution in [3.8, 4) is 5.75 Å². The zero-order valence-electron chi connectivity index (χ0n) is 11.3. The van der Waals surface area contributed by atoms with Crippen molar-refractivity contribution in [1.82, 2.24) is 5.32 Å². The van der Waals surface area contributed by atoms with Crippen molar-refractivity contribution >= 4 is 50.8 Å². The number of hydrogen-bond acceptors (Lipinski definition) is 3. The topological polar surface area (TPSA) is 64.3 Å². The van der Waals surface area contributed by atoms with Crippen molar-refractivity contribution < 1.29 is 9.53 Å². The first-order valence-corrected chi connectivity index (χ1v) is 7.82. The normalized spacial score (nSPS) is 10.1. The van der Waals surface area contributed by atoms with Crippen molar-refractivity contribution in [3.05, 3.63) is 63.1 Å². The minimum Gasteiger partial charge on any atom is -0.488 e. The number of amides is 1. The summed E-state index contributed by atoms with van der Waals surface area (Å²) in [6.45, 7) is 0.330. The highest BCUT2D eigenvalue weighted by atomic mass is 79.9. The van der Waals surface area contributed by atoms with Gasteiger partial charge in [0.1, 0.15) is 12.4 Å². The van der Waals surface area contributed by atoms with Crippen LogP contribution in [0.4, 0.5) is 0 Å². The molecule has 4 nitrogen and oxygen atoms in total. The molecule has 22 heavy (non-hydrogen) atoms. The molecule has 7 heteroatoms. The van der Waals surface area contributed by atoms with E-state index in [4.69, 9.17) is 22.1 Å². The Hall–Kier alpha value is -1.63. The second-order valence-electron chi connectivity index (χ2n) is 4.34. The molecule has 0 heterocycles. The van der Waals surface area contributed by atoms with E-state index in [2.05, 4.69) is 33.5 Å². The van der Waals surface area contributed by atoms with Crippen LogP contribution in [-0.2, 0) is 6.61 Å². The molecule has 2 aromatic carbocycles. The number of nitrogens with two attached hydrogens (primary N) is 1. The Labute approximate surface area is 146 Å². The standard InChI is InChI=1S/C15H12BrClN2O2S/c16-11-7-9(14(20)19-15(18)22)5-6-13(11)21-8-10-3-1-2-4-12(10)17/h1-7H,8H2,(H3,18,19,20,22). The molecule has 0 bridgehead atoms. The molecule has 114 valence electrons. The van der Waals surface area contributed by atoms with E-state index >= 15 is 0 Å². The minimum atomic E-state index is -0.370. The highest BCUT2D eigenvalue weighted by Crippen LogP contribution is 2.27. The van der Waals surface area contributed by atoms with Gasteiger partial charge in [-0.15, -0.1) is 0 Å². The number of ether oxygens (including phenoxy) is 1. The van der Waals surface area contributed by atoms with Crippen molar-refractivity contribution in [2.24, 2.45) is 5.73 Å². The fourth-order valence-electron chi connectivity index (χ4n) is 1.71. The lowest BCUT2D eigenvalue weighted by molar-refractivity contribution is 0.0977. The Balaban J connectivity index is 2.08. The summed E-state index contributed by atoms with van der Waals surface area (Å²) in [5, 5.41) is 2.94. The first-order valence-electron chi connectivity index (χ1n) is 6.24. The monoisotopic (exact) mass is 398 g/mol. The molecule has 0 aliphatic rings. The summed E-state index contributed by atoms with van der Waals surface area (Å²) in [6.07, 6.45) is 0. The van der Waals surface area contributed by atoms with Crippen molar-refractivity contribution in [2.45, 2.75) is 6.61 Å². The van der Waals surface area contributed by atoms with Crippen molar-refractivity contribution in [2.75, 3.05) is 0 Å².